The zero-order valence-electron chi connectivity index (χ0n) is 11.0. The molecule has 0 spiro atoms. The summed E-state index contributed by atoms with van der Waals surface area (Å²) < 4.78 is 0. The summed E-state index contributed by atoms with van der Waals surface area (Å²) in [5.74, 6) is 0.680. The second-order valence-electron chi connectivity index (χ2n) is 5.54. The predicted octanol–water partition coefficient (Wildman–Crippen LogP) is 2.42. The fourth-order valence-corrected chi connectivity index (χ4v) is 1.99. The van der Waals surface area contributed by atoms with Gasteiger partial charge in [-0.1, -0.05) is 13.8 Å². The van der Waals surface area contributed by atoms with E-state index in [0.29, 0.717) is 12.3 Å². The monoisotopic (exact) mass is 231 g/mol. The van der Waals surface area contributed by atoms with Crippen LogP contribution in [0.3, 0.4) is 0 Å². The first-order valence-corrected chi connectivity index (χ1v) is 5.78. The van der Waals surface area contributed by atoms with Gasteiger partial charge in [0.2, 0.25) is 0 Å². The van der Waals surface area contributed by atoms with Gasteiger partial charge in [0.25, 0.3) is 0 Å². The minimum atomic E-state index is -0.925. The van der Waals surface area contributed by atoms with Gasteiger partial charge in [0, 0.05) is 19.2 Å². The summed E-state index contributed by atoms with van der Waals surface area (Å²) in [7, 11) is 1.58. The van der Waals surface area contributed by atoms with Crippen molar-refractivity contribution in [2.24, 2.45) is 11.8 Å². The summed E-state index contributed by atoms with van der Waals surface area (Å²) in [6.07, 6.45) is 0.684. The SMILES string of the molecule is CC(C)C[C@@H](CO)CC(C)(C)N(C)C(=O)O. The molecule has 1 atom stereocenters. The highest BCUT2D eigenvalue weighted by Crippen LogP contribution is 2.26. The Hall–Kier alpha value is -0.770. The Labute approximate surface area is 98.3 Å². The van der Waals surface area contributed by atoms with Gasteiger partial charge in [0.15, 0.2) is 0 Å². The summed E-state index contributed by atoms with van der Waals surface area (Å²) in [4.78, 5) is 12.2. The summed E-state index contributed by atoms with van der Waals surface area (Å²) in [6.45, 7) is 8.12. The second kappa shape index (κ2) is 6.09. The van der Waals surface area contributed by atoms with Gasteiger partial charge >= 0.3 is 6.09 Å². The van der Waals surface area contributed by atoms with E-state index in [1.807, 2.05) is 13.8 Å². The molecule has 0 bridgehead atoms. The Morgan fingerprint density at radius 2 is 1.88 bits per heavy atom. The van der Waals surface area contributed by atoms with Crippen molar-refractivity contribution in [1.82, 2.24) is 4.90 Å². The van der Waals surface area contributed by atoms with Crippen molar-refractivity contribution in [2.75, 3.05) is 13.7 Å². The molecule has 4 nitrogen and oxygen atoms in total. The van der Waals surface area contributed by atoms with Crippen LogP contribution < -0.4 is 0 Å². The smallest absolute Gasteiger partial charge is 0.407 e. The van der Waals surface area contributed by atoms with Gasteiger partial charge in [0.05, 0.1) is 0 Å². The lowest BCUT2D eigenvalue weighted by atomic mass is 9.85. The number of rotatable bonds is 6. The molecule has 0 aliphatic heterocycles. The minimum Gasteiger partial charge on any atom is -0.465 e. The summed E-state index contributed by atoms with van der Waals surface area (Å²) >= 11 is 0. The van der Waals surface area contributed by atoms with E-state index in [1.54, 1.807) is 7.05 Å². The molecular weight excluding hydrogens is 206 g/mol. The van der Waals surface area contributed by atoms with E-state index in [9.17, 15) is 9.90 Å². The van der Waals surface area contributed by atoms with Crippen LogP contribution >= 0.6 is 0 Å². The van der Waals surface area contributed by atoms with Crippen LogP contribution in [0, 0.1) is 11.8 Å². The maximum absolute atomic E-state index is 10.9. The van der Waals surface area contributed by atoms with Crippen molar-refractivity contribution in [3.05, 3.63) is 0 Å². The Morgan fingerprint density at radius 1 is 1.38 bits per heavy atom. The number of hydrogen-bond acceptors (Lipinski definition) is 2. The van der Waals surface area contributed by atoms with Crippen molar-refractivity contribution in [3.8, 4) is 0 Å². The highest BCUT2D eigenvalue weighted by atomic mass is 16.4. The zero-order valence-corrected chi connectivity index (χ0v) is 11.0. The molecule has 0 radical (unpaired) electrons. The van der Waals surface area contributed by atoms with Gasteiger partial charge in [0.1, 0.15) is 0 Å². The third-order valence-electron chi connectivity index (χ3n) is 3.05. The predicted molar refractivity (Wildman–Crippen MR) is 64.5 cm³/mol. The third kappa shape index (κ3) is 4.84. The van der Waals surface area contributed by atoms with Gasteiger partial charge in [-0.2, -0.15) is 0 Å². The first kappa shape index (κ1) is 15.2. The van der Waals surface area contributed by atoms with Crippen molar-refractivity contribution in [1.29, 1.82) is 0 Å². The summed E-state index contributed by atoms with van der Waals surface area (Å²) in [6, 6.07) is 0. The molecule has 1 amide bonds. The van der Waals surface area contributed by atoms with E-state index in [2.05, 4.69) is 13.8 Å². The van der Waals surface area contributed by atoms with Crippen LogP contribution in [0.2, 0.25) is 0 Å². The van der Waals surface area contributed by atoms with E-state index in [4.69, 9.17) is 5.11 Å². The normalized spacial score (nSPS) is 13.9. The third-order valence-corrected chi connectivity index (χ3v) is 3.05. The largest absolute Gasteiger partial charge is 0.465 e. The molecule has 0 aliphatic carbocycles. The summed E-state index contributed by atoms with van der Waals surface area (Å²) in [5, 5.41) is 18.2. The molecule has 0 fully saturated rings. The lowest BCUT2D eigenvalue weighted by Crippen LogP contribution is -2.46. The molecule has 96 valence electrons. The van der Waals surface area contributed by atoms with Crippen LogP contribution in [-0.4, -0.2) is 40.4 Å². The molecular formula is C12H25NO3. The Balaban J connectivity index is 4.47. The van der Waals surface area contributed by atoms with Gasteiger partial charge in [-0.25, -0.2) is 4.79 Å². The molecule has 0 saturated carbocycles. The lowest BCUT2D eigenvalue weighted by Gasteiger charge is -2.36. The van der Waals surface area contributed by atoms with Gasteiger partial charge < -0.3 is 15.1 Å². The van der Waals surface area contributed by atoms with Gasteiger partial charge in [-0.3, -0.25) is 0 Å². The molecule has 0 aromatic carbocycles. The molecule has 0 rings (SSSR count). The molecule has 16 heavy (non-hydrogen) atoms. The topological polar surface area (TPSA) is 60.8 Å². The highest BCUT2D eigenvalue weighted by Gasteiger charge is 2.30. The Morgan fingerprint density at radius 3 is 2.19 bits per heavy atom. The van der Waals surface area contributed by atoms with Gasteiger partial charge in [-0.05, 0) is 38.5 Å². The van der Waals surface area contributed by atoms with E-state index in [1.165, 1.54) is 4.90 Å². The number of aliphatic hydroxyl groups excluding tert-OH is 1. The fourth-order valence-electron chi connectivity index (χ4n) is 1.99. The van der Waals surface area contributed by atoms with Crippen molar-refractivity contribution >= 4 is 6.09 Å². The zero-order chi connectivity index (χ0) is 12.9. The first-order valence-electron chi connectivity index (χ1n) is 5.78. The number of nitrogens with zero attached hydrogens (tertiary/aromatic N) is 1. The number of aliphatic hydroxyl groups is 1. The van der Waals surface area contributed by atoms with E-state index in [0.717, 1.165) is 6.42 Å². The Kier molecular flexibility index (Phi) is 5.79. The van der Waals surface area contributed by atoms with E-state index in [-0.39, 0.29) is 12.5 Å². The summed E-state index contributed by atoms with van der Waals surface area (Å²) in [5.41, 5.74) is -0.436. The molecule has 0 aromatic rings. The van der Waals surface area contributed by atoms with Crippen molar-refractivity contribution < 1.29 is 15.0 Å². The van der Waals surface area contributed by atoms with Gasteiger partial charge in [-0.15, -0.1) is 0 Å². The average Bonchev–Trinajstić information content (AvgIpc) is 2.14. The Bertz CT molecular complexity index is 226. The molecule has 0 saturated heterocycles. The average molecular weight is 231 g/mol. The molecule has 4 heteroatoms. The van der Waals surface area contributed by atoms with Crippen LogP contribution in [-0.2, 0) is 0 Å². The van der Waals surface area contributed by atoms with Crippen LogP contribution in [0.4, 0.5) is 4.79 Å². The fraction of sp³-hybridized carbons (Fsp3) is 0.917. The van der Waals surface area contributed by atoms with Crippen LogP contribution in [0.5, 0.6) is 0 Å². The number of carboxylic acid groups (broad SMARTS) is 1. The lowest BCUT2D eigenvalue weighted by molar-refractivity contribution is 0.0811. The minimum absolute atomic E-state index is 0.120. The van der Waals surface area contributed by atoms with Crippen LogP contribution in [0.1, 0.15) is 40.5 Å². The molecule has 0 aromatic heterocycles. The molecule has 0 heterocycles. The number of carbonyl (C=O) groups is 1. The van der Waals surface area contributed by atoms with E-state index >= 15 is 0 Å². The molecule has 2 N–H and O–H groups in total. The maximum atomic E-state index is 10.9. The highest BCUT2D eigenvalue weighted by molar-refractivity contribution is 5.65. The first-order chi connectivity index (χ1) is 7.20. The van der Waals surface area contributed by atoms with E-state index < -0.39 is 11.6 Å². The number of amides is 1. The molecule has 0 unspecified atom stereocenters. The molecule has 0 aliphatic rings. The standard InChI is InChI=1S/C12H25NO3/c1-9(2)6-10(8-14)7-12(3,4)13(5)11(15)16/h9-10,14H,6-8H2,1-5H3,(H,15,16)/t10-/m1/s1. The quantitative estimate of drug-likeness (QED) is 0.738. The van der Waals surface area contributed by atoms with Crippen LogP contribution in [0.15, 0.2) is 0 Å². The van der Waals surface area contributed by atoms with Crippen LogP contribution in [0.25, 0.3) is 0 Å². The van der Waals surface area contributed by atoms with Crippen molar-refractivity contribution in [2.45, 2.75) is 46.1 Å². The number of hydrogen-bond donors (Lipinski definition) is 2. The maximum Gasteiger partial charge on any atom is 0.407 e. The van der Waals surface area contributed by atoms with Crippen molar-refractivity contribution in [3.63, 3.8) is 0 Å². The second-order valence-corrected chi connectivity index (χ2v) is 5.54.